The monoisotopic (exact) mass is 336 g/mol. The maximum atomic E-state index is 13.0. The van der Waals surface area contributed by atoms with Crippen molar-refractivity contribution in [3.8, 4) is 5.75 Å². The summed E-state index contributed by atoms with van der Waals surface area (Å²) >= 11 is 0. The summed E-state index contributed by atoms with van der Waals surface area (Å²) in [7, 11) is 0. The van der Waals surface area contributed by atoms with Gasteiger partial charge < -0.3 is 10.2 Å². The summed E-state index contributed by atoms with van der Waals surface area (Å²) in [5.74, 6) is -1.75. The van der Waals surface area contributed by atoms with E-state index in [1.165, 1.54) is 24.3 Å². The van der Waals surface area contributed by atoms with Crippen LogP contribution in [-0.2, 0) is 6.42 Å². The molecule has 0 heterocycles. The van der Waals surface area contributed by atoms with E-state index in [0.29, 0.717) is 12.0 Å². The second kappa shape index (κ2) is 4.86. The maximum absolute atomic E-state index is 13.0. The molecule has 0 aliphatic heterocycles. The van der Waals surface area contributed by atoms with Gasteiger partial charge in [0.2, 0.25) is 0 Å². The Morgan fingerprint density at radius 2 is 1.56 bits per heavy atom. The molecule has 1 atom stereocenters. The number of carbonyl (C=O) groups excluding carboxylic acids is 3. The first-order valence-electron chi connectivity index (χ1n) is 8.03. The Hall–Kier alpha value is -2.79. The molecule has 126 valence electrons. The predicted octanol–water partition coefficient (Wildman–Crippen LogP) is 2.29. The van der Waals surface area contributed by atoms with Crippen molar-refractivity contribution in [2.45, 2.75) is 26.4 Å². The van der Waals surface area contributed by atoms with E-state index in [-0.39, 0.29) is 33.6 Å². The molecule has 0 saturated carbocycles. The van der Waals surface area contributed by atoms with Gasteiger partial charge in [0.1, 0.15) is 11.9 Å². The minimum absolute atomic E-state index is 0.0379. The number of hydrogen-bond donors (Lipinski definition) is 2. The Morgan fingerprint density at radius 3 is 2.28 bits per heavy atom. The number of rotatable bonds is 0. The van der Waals surface area contributed by atoms with E-state index in [1.54, 1.807) is 19.9 Å². The third kappa shape index (κ3) is 1.96. The van der Waals surface area contributed by atoms with Crippen molar-refractivity contribution in [2.24, 2.45) is 5.41 Å². The number of Topliss-reactive ketones (excluding diaryl/α,β-unsaturated/α-hetero) is 1. The first-order chi connectivity index (χ1) is 11.7. The molecule has 2 aliphatic carbocycles. The van der Waals surface area contributed by atoms with Gasteiger partial charge in [0.15, 0.2) is 17.3 Å². The fourth-order valence-corrected chi connectivity index (χ4v) is 3.82. The molecule has 25 heavy (non-hydrogen) atoms. The van der Waals surface area contributed by atoms with Crippen LogP contribution in [0.2, 0.25) is 0 Å². The van der Waals surface area contributed by atoms with Crippen LogP contribution in [0.4, 0.5) is 0 Å². The highest BCUT2D eigenvalue weighted by Gasteiger charge is 2.44. The summed E-state index contributed by atoms with van der Waals surface area (Å²) in [4.78, 5) is 38.6. The summed E-state index contributed by atoms with van der Waals surface area (Å²) in [5, 5.41) is 20.4. The average Bonchev–Trinajstić information content (AvgIpc) is 2.56. The van der Waals surface area contributed by atoms with Gasteiger partial charge in [0.05, 0.1) is 5.56 Å². The minimum atomic E-state index is -1.24. The van der Waals surface area contributed by atoms with E-state index < -0.39 is 28.9 Å². The number of fused-ring (bicyclic) bond motifs is 4. The molecule has 5 nitrogen and oxygen atoms in total. The summed E-state index contributed by atoms with van der Waals surface area (Å²) in [6.07, 6.45) is -0.809. The normalized spacial score (nSPS) is 20.8. The van der Waals surface area contributed by atoms with Gasteiger partial charge in [-0.3, -0.25) is 14.4 Å². The Labute approximate surface area is 143 Å². The molecular weight excluding hydrogens is 320 g/mol. The smallest absolute Gasteiger partial charge is 0.198 e. The van der Waals surface area contributed by atoms with Crippen molar-refractivity contribution in [3.05, 3.63) is 63.7 Å². The summed E-state index contributed by atoms with van der Waals surface area (Å²) < 4.78 is 0. The molecule has 4 rings (SSSR count). The van der Waals surface area contributed by atoms with Crippen LogP contribution in [-0.4, -0.2) is 33.7 Å². The third-order valence-corrected chi connectivity index (χ3v) is 5.16. The third-order valence-electron chi connectivity index (χ3n) is 5.16. The van der Waals surface area contributed by atoms with Crippen LogP contribution in [0.15, 0.2) is 30.3 Å². The highest BCUT2D eigenvalue weighted by Crippen LogP contribution is 2.41. The SMILES string of the molecule is CC1(C)Cc2ccc3c(c2C(=O)C1O)C(=O)c1cccc(O)c1C3=O. The molecule has 0 spiro atoms. The number of benzene rings is 2. The van der Waals surface area contributed by atoms with E-state index in [4.69, 9.17) is 0 Å². The summed E-state index contributed by atoms with van der Waals surface area (Å²) in [5.41, 5.74) is 0.330. The Morgan fingerprint density at radius 1 is 0.920 bits per heavy atom. The minimum Gasteiger partial charge on any atom is -0.507 e. The van der Waals surface area contributed by atoms with Gasteiger partial charge in [0.25, 0.3) is 0 Å². The van der Waals surface area contributed by atoms with E-state index in [1.807, 2.05) is 0 Å². The van der Waals surface area contributed by atoms with Crippen LogP contribution in [0, 0.1) is 5.41 Å². The molecule has 2 N–H and O–H groups in total. The van der Waals surface area contributed by atoms with Crippen LogP contribution >= 0.6 is 0 Å². The maximum Gasteiger partial charge on any atom is 0.198 e. The average molecular weight is 336 g/mol. The van der Waals surface area contributed by atoms with Crippen molar-refractivity contribution in [1.82, 2.24) is 0 Å². The van der Waals surface area contributed by atoms with Crippen molar-refractivity contribution < 1.29 is 24.6 Å². The van der Waals surface area contributed by atoms with Gasteiger partial charge in [-0.1, -0.05) is 32.0 Å². The number of hydrogen-bond acceptors (Lipinski definition) is 5. The number of phenolic OH excluding ortho intramolecular Hbond substituents is 1. The first kappa shape index (κ1) is 15.7. The van der Waals surface area contributed by atoms with Gasteiger partial charge >= 0.3 is 0 Å². The second-order valence-electron chi connectivity index (χ2n) is 7.31. The van der Waals surface area contributed by atoms with E-state index in [0.717, 1.165) is 0 Å². The fourth-order valence-electron chi connectivity index (χ4n) is 3.82. The highest BCUT2D eigenvalue weighted by molar-refractivity contribution is 6.32. The van der Waals surface area contributed by atoms with Gasteiger partial charge in [-0.2, -0.15) is 0 Å². The Kier molecular flexibility index (Phi) is 3.06. The van der Waals surface area contributed by atoms with Gasteiger partial charge in [-0.05, 0) is 24.1 Å². The predicted molar refractivity (Wildman–Crippen MR) is 89.2 cm³/mol. The summed E-state index contributed by atoms with van der Waals surface area (Å²) in [6.45, 7) is 3.58. The topological polar surface area (TPSA) is 91.7 Å². The number of phenols is 1. The quantitative estimate of drug-likeness (QED) is 0.657. The zero-order valence-electron chi connectivity index (χ0n) is 13.8. The molecule has 0 saturated heterocycles. The van der Waals surface area contributed by atoms with Crippen molar-refractivity contribution in [3.63, 3.8) is 0 Å². The largest absolute Gasteiger partial charge is 0.507 e. The molecule has 5 heteroatoms. The highest BCUT2D eigenvalue weighted by atomic mass is 16.3. The lowest BCUT2D eigenvalue weighted by Crippen LogP contribution is -2.44. The zero-order chi connectivity index (χ0) is 18.1. The lowest BCUT2D eigenvalue weighted by molar-refractivity contribution is 0.0337. The van der Waals surface area contributed by atoms with Gasteiger partial charge in [-0.15, -0.1) is 0 Å². The number of aliphatic hydroxyl groups excluding tert-OH is 1. The molecular formula is C20H16O5. The van der Waals surface area contributed by atoms with Crippen LogP contribution < -0.4 is 0 Å². The first-order valence-corrected chi connectivity index (χ1v) is 8.03. The molecule has 0 radical (unpaired) electrons. The van der Waals surface area contributed by atoms with Crippen LogP contribution in [0.25, 0.3) is 0 Å². The van der Waals surface area contributed by atoms with E-state index in [2.05, 4.69) is 0 Å². The molecule has 0 amide bonds. The lowest BCUT2D eigenvalue weighted by atomic mass is 9.68. The molecule has 2 aliphatic rings. The summed E-state index contributed by atoms with van der Waals surface area (Å²) in [6, 6.07) is 7.50. The van der Waals surface area contributed by atoms with E-state index >= 15 is 0 Å². The Bertz CT molecular complexity index is 984. The number of aromatic hydroxyl groups is 1. The van der Waals surface area contributed by atoms with Gasteiger partial charge in [-0.25, -0.2) is 0 Å². The fraction of sp³-hybridized carbons (Fsp3) is 0.250. The second-order valence-corrected chi connectivity index (χ2v) is 7.31. The molecule has 2 aromatic rings. The van der Waals surface area contributed by atoms with Crippen molar-refractivity contribution in [1.29, 1.82) is 0 Å². The van der Waals surface area contributed by atoms with Crippen molar-refractivity contribution in [2.75, 3.05) is 0 Å². The number of carbonyl (C=O) groups is 3. The number of ketones is 3. The standard InChI is InChI=1S/C20H16O5/c1-20(2)8-9-6-7-11-15(13(9)18(24)19(20)25)17(23)10-4-3-5-12(21)14(10)16(11)22/h3-7,19,21,25H,8H2,1-2H3. The molecule has 0 bridgehead atoms. The number of aliphatic hydroxyl groups is 1. The molecule has 2 aromatic carbocycles. The molecule has 1 unspecified atom stereocenters. The van der Waals surface area contributed by atoms with E-state index in [9.17, 15) is 24.6 Å². The van der Waals surface area contributed by atoms with Gasteiger partial charge in [0, 0.05) is 27.7 Å². The Balaban J connectivity index is 2.03. The van der Waals surface area contributed by atoms with Crippen LogP contribution in [0.1, 0.15) is 61.6 Å². The van der Waals surface area contributed by atoms with Crippen LogP contribution in [0.5, 0.6) is 5.75 Å². The molecule has 0 fully saturated rings. The molecule has 0 aromatic heterocycles. The zero-order valence-corrected chi connectivity index (χ0v) is 13.8. The van der Waals surface area contributed by atoms with Crippen LogP contribution in [0.3, 0.4) is 0 Å². The lowest BCUT2D eigenvalue weighted by Gasteiger charge is -2.36. The van der Waals surface area contributed by atoms with Crippen molar-refractivity contribution >= 4 is 17.3 Å².